The summed E-state index contributed by atoms with van der Waals surface area (Å²) < 4.78 is 17.4. The Kier molecular flexibility index (Phi) is 12.2. The van der Waals surface area contributed by atoms with Crippen LogP contribution in [-0.2, 0) is 26.4 Å². The SMILES string of the molecule is CCc1cc(C(C)(C)C)cc(-c2ccc(-c3ccccc3)cc2)c1C(C)(C)C.O=[P+](O)O.O=[P+](O)O. The van der Waals surface area contributed by atoms with E-state index in [1.165, 1.54) is 38.9 Å². The third kappa shape index (κ3) is 10.4. The van der Waals surface area contributed by atoms with Crippen LogP contribution in [0.2, 0.25) is 0 Å². The first-order chi connectivity index (χ1) is 16.6. The molecule has 3 aromatic carbocycles. The molecule has 8 heteroatoms. The molecule has 3 aromatic rings. The molecule has 0 aliphatic rings. The van der Waals surface area contributed by atoms with Gasteiger partial charge in [-0.1, -0.05) is 115 Å². The highest BCUT2D eigenvalue weighted by molar-refractivity contribution is 7.31. The van der Waals surface area contributed by atoms with Gasteiger partial charge >= 0.3 is 16.5 Å². The maximum atomic E-state index is 8.70. The van der Waals surface area contributed by atoms with Crippen LogP contribution >= 0.6 is 16.5 Å². The molecule has 0 bridgehead atoms. The summed E-state index contributed by atoms with van der Waals surface area (Å²) in [4.78, 5) is 28.5. The maximum Gasteiger partial charge on any atom is 0.692 e. The van der Waals surface area contributed by atoms with E-state index >= 15 is 0 Å². The highest BCUT2D eigenvalue weighted by Gasteiger charge is 2.25. The molecule has 194 valence electrons. The van der Waals surface area contributed by atoms with Gasteiger partial charge in [0.1, 0.15) is 0 Å². The lowest BCUT2D eigenvalue weighted by Gasteiger charge is -2.30. The first-order valence-electron chi connectivity index (χ1n) is 11.6. The van der Waals surface area contributed by atoms with Crippen molar-refractivity contribution in [2.24, 2.45) is 0 Å². The highest BCUT2D eigenvalue weighted by atomic mass is 31.1. The zero-order valence-corrected chi connectivity index (χ0v) is 23.8. The Labute approximate surface area is 216 Å². The first kappa shape index (κ1) is 31.7. The summed E-state index contributed by atoms with van der Waals surface area (Å²) in [6.45, 7) is 16.2. The van der Waals surface area contributed by atoms with Gasteiger partial charge in [-0.3, -0.25) is 0 Å². The summed E-state index contributed by atoms with van der Waals surface area (Å²) in [5.74, 6) is 0. The van der Waals surface area contributed by atoms with Crippen LogP contribution in [0.4, 0.5) is 0 Å². The van der Waals surface area contributed by atoms with Gasteiger partial charge in [-0.25, -0.2) is 0 Å². The maximum absolute atomic E-state index is 8.70. The van der Waals surface area contributed by atoms with Crippen molar-refractivity contribution >= 4 is 16.5 Å². The van der Waals surface area contributed by atoms with Crippen LogP contribution in [0.15, 0.2) is 66.7 Å². The number of rotatable bonds is 3. The normalized spacial score (nSPS) is 11.0. The van der Waals surface area contributed by atoms with Crippen molar-refractivity contribution in [3.05, 3.63) is 83.4 Å². The van der Waals surface area contributed by atoms with Crippen molar-refractivity contribution in [1.29, 1.82) is 0 Å². The molecule has 36 heavy (non-hydrogen) atoms. The molecule has 0 spiro atoms. The Morgan fingerprint density at radius 1 is 0.639 bits per heavy atom. The second kappa shape index (κ2) is 13.9. The molecule has 0 radical (unpaired) electrons. The van der Waals surface area contributed by atoms with E-state index in [-0.39, 0.29) is 10.8 Å². The lowest BCUT2D eigenvalue weighted by atomic mass is 9.74. The van der Waals surface area contributed by atoms with E-state index < -0.39 is 16.5 Å². The van der Waals surface area contributed by atoms with Gasteiger partial charge in [0.05, 0.1) is 0 Å². The Morgan fingerprint density at radius 2 is 1.06 bits per heavy atom. The summed E-state index contributed by atoms with van der Waals surface area (Å²) in [5, 5.41) is 0. The number of benzene rings is 3. The summed E-state index contributed by atoms with van der Waals surface area (Å²) >= 11 is 0. The van der Waals surface area contributed by atoms with E-state index in [1.807, 2.05) is 0 Å². The van der Waals surface area contributed by atoms with Crippen LogP contribution in [0.25, 0.3) is 22.3 Å². The second-order valence-corrected chi connectivity index (χ2v) is 11.4. The van der Waals surface area contributed by atoms with Gasteiger partial charge in [0.2, 0.25) is 0 Å². The summed E-state index contributed by atoms with van der Waals surface area (Å²) in [7, 11) is -5.74. The molecule has 0 heterocycles. The topological polar surface area (TPSA) is 115 Å². The zero-order valence-electron chi connectivity index (χ0n) is 22.1. The smallest absolute Gasteiger partial charge is 0.134 e. The standard InChI is InChI=1S/C28H34.2HO3P/c1-8-20-18-24(27(2,3)4)19-25(26(20)28(5,6)7)23-16-14-22(15-17-23)21-12-10-9-11-13-21;2*1-4(2)3/h9-19H,8H2,1-7H3;2*(H-,1,2,3)/p+2. The highest BCUT2D eigenvalue weighted by Crippen LogP contribution is 2.40. The van der Waals surface area contributed by atoms with Gasteiger partial charge in [-0.2, -0.15) is 0 Å². The van der Waals surface area contributed by atoms with Crippen molar-refractivity contribution in [3.8, 4) is 22.3 Å². The van der Waals surface area contributed by atoms with Gasteiger partial charge in [-0.05, 0) is 56.2 Å². The monoisotopic (exact) mass is 532 g/mol. The molecule has 0 atom stereocenters. The fraction of sp³-hybridized carbons (Fsp3) is 0.357. The largest absolute Gasteiger partial charge is 0.692 e. The number of aryl methyl sites for hydroxylation is 1. The van der Waals surface area contributed by atoms with Crippen LogP contribution in [0.3, 0.4) is 0 Å². The van der Waals surface area contributed by atoms with Crippen molar-refractivity contribution in [1.82, 2.24) is 0 Å². The molecule has 6 nitrogen and oxygen atoms in total. The van der Waals surface area contributed by atoms with E-state index in [4.69, 9.17) is 28.7 Å². The van der Waals surface area contributed by atoms with E-state index in [0.29, 0.717) is 0 Å². The van der Waals surface area contributed by atoms with E-state index in [2.05, 4.69) is 115 Å². The molecule has 0 aromatic heterocycles. The molecule has 0 amide bonds. The van der Waals surface area contributed by atoms with E-state index in [0.717, 1.165) is 6.42 Å². The van der Waals surface area contributed by atoms with Crippen LogP contribution in [0.1, 0.15) is 65.2 Å². The molecule has 0 saturated carbocycles. The van der Waals surface area contributed by atoms with Crippen molar-refractivity contribution in [2.75, 3.05) is 0 Å². The van der Waals surface area contributed by atoms with Crippen molar-refractivity contribution in [2.45, 2.75) is 65.7 Å². The Bertz CT molecular complexity index is 1130. The lowest BCUT2D eigenvalue weighted by molar-refractivity contribution is 0.403. The minimum absolute atomic E-state index is 0.106. The van der Waals surface area contributed by atoms with Gasteiger partial charge < -0.3 is 0 Å². The second-order valence-electron chi connectivity index (χ2n) is 10.4. The Hall–Kier alpha value is -2.30. The average Bonchev–Trinajstić information content (AvgIpc) is 2.77. The van der Waals surface area contributed by atoms with Gasteiger partial charge in [0.25, 0.3) is 0 Å². The molecule has 0 saturated heterocycles. The first-order valence-corrected chi connectivity index (χ1v) is 13.9. The van der Waals surface area contributed by atoms with Crippen molar-refractivity contribution < 1.29 is 28.7 Å². The number of hydrogen-bond donors (Lipinski definition) is 4. The quantitative estimate of drug-likeness (QED) is 0.261. The minimum Gasteiger partial charge on any atom is -0.134 e. The molecular weight excluding hydrogens is 494 g/mol. The molecule has 3 rings (SSSR count). The molecule has 4 N–H and O–H groups in total. The van der Waals surface area contributed by atoms with Crippen molar-refractivity contribution in [3.63, 3.8) is 0 Å². The Balaban J connectivity index is 0.000000709. The fourth-order valence-electron chi connectivity index (χ4n) is 4.00. The molecular formula is C28H38O6P2+2. The van der Waals surface area contributed by atoms with Crippen LogP contribution < -0.4 is 0 Å². The molecule has 0 unspecified atom stereocenters. The molecule has 0 aliphatic heterocycles. The Morgan fingerprint density at radius 3 is 1.44 bits per heavy atom. The predicted molar refractivity (Wildman–Crippen MR) is 148 cm³/mol. The predicted octanol–water partition coefficient (Wildman–Crippen LogP) is 7.43. The van der Waals surface area contributed by atoms with Crippen LogP contribution in [0.5, 0.6) is 0 Å². The summed E-state index contributed by atoms with van der Waals surface area (Å²) in [5.41, 5.74) is 9.85. The number of hydrogen-bond acceptors (Lipinski definition) is 2. The van der Waals surface area contributed by atoms with Gasteiger partial charge in [0, 0.05) is 9.13 Å². The van der Waals surface area contributed by atoms with Crippen LogP contribution in [0, 0.1) is 0 Å². The lowest BCUT2D eigenvalue weighted by Crippen LogP contribution is -2.19. The summed E-state index contributed by atoms with van der Waals surface area (Å²) in [6, 6.07) is 24.6. The average molecular weight is 533 g/mol. The van der Waals surface area contributed by atoms with Gasteiger partial charge in [0.15, 0.2) is 0 Å². The van der Waals surface area contributed by atoms with E-state index in [1.54, 1.807) is 0 Å². The summed E-state index contributed by atoms with van der Waals surface area (Å²) in [6.07, 6.45) is 1.06. The van der Waals surface area contributed by atoms with E-state index in [9.17, 15) is 0 Å². The third-order valence-corrected chi connectivity index (χ3v) is 5.52. The minimum atomic E-state index is -2.87. The third-order valence-electron chi connectivity index (χ3n) is 5.52. The van der Waals surface area contributed by atoms with Gasteiger partial charge in [-0.15, -0.1) is 19.6 Å². The molecule has 0 aliphatic carbocycles. The fourth-order valence-corrected chi connectivity index (χ4v) is 4.00. The zero-order chi connectivity index (χ0) is 27.7. The van der Waals surface area contributed by atoms with Crippen LogP contribution in [-0.4, -0.2) is 19.6 Å². The molecule has 0 fully saturated rings.